The summed E-state index contributed by atoms with van der Waals surface area (Å²) >= 11 is 9.80. The molecule has 0 saturated heterocycles. The molecule has 102 valence electrons. The van der Waals surface area contributed by atoms with E-state index in [1.54, 1.807) is 12.4 Å². The van der Waals surface area contributed by atoms with Gasteiger partial charge >= 0.3 is 0 Å². The summed E-state index contributed by atoms with van der Waals surface area (Å²) in [5.41, 5.74) is 4.13. The van der Waals surface area contributed by atoms with Gasteiger partial charge in [-0.15, -0.1) is 11.6 Å². The van der Waals surface area contributed by atoms with Crippen LogP contribution in [0, 0.1) is 6.92 Å². The summed E-state index contributed by atoms with van der Waals surface area (Å²) < 4.78 is 3.17. The molecule has 0 aliphatic heterocycles. The molecule has 3 nitrogen and oxygen atoms in total. The topological polar surface area (TPSA) is 30.7 Å². The molecule has 0 N–H and O–H groups in total. The van der Waals surface area contributed by atoms with Crippen molar-refractivity contribution in [1.82, 2.24) is 14.5 Å². The minimum atomic E-state index is -0.176. The monoisotopic (exact) mass is 349 g/mol. The van der Waals surface area contributed by atoms with E-state index >= 15 is 0 Å². The maximum absolute atomic E-state index is 6.30. The molecule has 1 atom stereocenters. The summed E-state index contributed by atoms with van der Waals surface area (Å²) in [4.78, 5) is 8.74. The van der Waals surface area contributed by atoms with Crippen molar-refractivity contribution in [2.45, 2.75) is 19.2 Å². The second-order valence-corrected chi connectivity index (χ2v) is 6.29. The number of pyridine rings is 1. The molecule has 0 amide bonds. The Labute approximate surface area is 130 Å². The van der Waals surface area contributed by atoms with Gasteiger partial charge in [-0.1, -0.05) is 15.9 Å². The second kappa shape index (κ2) is 5.19. The number of fused-ring (bicyclic) bond motifs is 1. The number of hydrogen-bond acceptors (Lipinski definition) is 2. The Morgan fingerprint density at radius 1 is 1.30 bits per heavy atom. The van der Waals surface area contributed by atoms with Gasteiger partial charge in [0.1, 0.15) is 11.3 Å². The fourth-order valence-electron chi connectivity index (χ4n) is 2.34. The first-order valence-corrected chi connectivity index (χ1v) is 7.54. The summed E-state index contributed by atoms with van der Waals surface area (Å²) in [7, 11) is 0. The number of alkyl halides is 1. The standard InChI is InChI=1S/C15H13BrClN3/c1-9-7-11(16)3-4-13(9)20-14-5-6-18-8-12(14)19-15(20)10(2)17/h3-8,10H,1-2H3. The molecule has 2 heterocycles. The first-order valence-electron chi connectivity index (χ1n) is 6.31. The minimum absolute atomic E-state index is 0.176. The van der Waals surface area contributed by atoms with Gasteiger partial charge in [0, 0.05) is 10.7 Å². The number of aromatic nitrogens is 3. The van der Waals surface area contributed by atoms with E-state index < -0.39 is 0 Å². The van der Waals surface area contributed by atoms with E-state index in [0.717, 1.165) is 32.6 Å². The van der Waals surface area contributed by atoms with Crippen LogP contribution in [0.3, 0.4) is 0 Å². The molecule has 0 radical (unpaired) electrons. The average molecular weight is 351 g/mol. The Bertz CT molecular complexity index is 780. The number of imidazole rings is 1. The van der Waals surface area contributed by atoms with Crippen molar-refractivity contribution in [3.05, 3.63) is 52.5 Å². The first kappa shape index (κ1) is 13.6. The summed E-state index contributed by atoms with van der Waals surface area (Å²) in [5, 5.41) is -0.176. The van der Waals surface area contributed by atoms with Crippen LogP contribution in [-0.4, -0.2) is 14.5 Å². The lowest BCUT2D eigenvalue weighted by Gasteiger charge is -2.13. The largest absolute Gasteiger partial charge is 0.295 e. The van der Waals surface area contributed by atoms with Crippen molar-refractivity contribution in [3.63, 3.8) is 0 Å². The Kier molecular flexibility index (Phi) is 3.52. The normalized spacial score (nSPS) is 12.8. The molecule has 1 unspecified atom stereocenters. The molecular formula is C15H13BrClN3. The number of benzene rings is 1. The van der Waals surface area contributed by atoms with E-state index in [2.05, 4.69) is 49.5 Å². The highest BCUT2D eigenvalue weighted by atomic mass is 79.9. The van der Waals surface area contributed by atoms with E-state index in [9.17, 15) is 0 Å². The summed E-state index contributed by atoms with van der Waals surface area (Å²) in [5.74, 6) is 0.833. The van der Waals surface area contributed by atoms with Crippen LogP contribution in [0.5, 0.6) is 0 Å². The summed E-state index contributed by atoms with van der Waals surface area (Å²) in [6.07, 6.45) is 3.54. The fourth-order valence-corrected chi connectivity index (χ4v) is 2.96. The zero-order valence-corrected chi connectivity index (χ0v) is 13.5. The van der Waals surface area contributed by atoms with Crippen LogP contribution >= 0.6 is 27.5 Å². The van der Waals surface area contributed by atoms with Gasteiger partial charge in [0.05, 0.1) is 22.8 Å². The predicted molar refractivity (Wildman–Crippen MR) is 85.6 cm³/mol. The summed E-state index contributed by atoms with van der Waals surface area (Å²) in [6.45, 7) is 4.01. The average Bonchev–Trinajstić information content (AvgIpc) is 2.78. The van der Waals surface area contributed by atoms with E-state index in [4.69, 9.17) is 11.6 Å². The molecule has 5 heteroatoms. The van der Waals surface area contributed by atoms with Crippen molar-refractivity contribution in [1.29, 1.82) is 0 Å². The minimum Gasteiger partial charge on any atom is -0.295 e. The molecule has 0 aliphatic carbocycles. The smallest absolute Gasteiger partial charge is 0.132 e. The van der Waals surface area contributed by atoms with Gasteiger partial charge in [0.25, 0.3) is 0 Å². The van der Waals surface area contributed by atoms with Crippen LogP contribution in [0.1, 0.15) is 23.7 Å². The van der Waals surface area contributed by atoms with Crippen LogP contribution in [0.25, 0.3) is 16.7 Å². The van der Waals surface area contributed by atoms with Crippen LogP contribution in [0.2, 0.25) is 0 Å². The molecule has 3 aromatic rings. The highest BCUT2D eigenvalue weighted by molar-refractivity contribution is 9.10. The maximum Gasteiger partial charge on any atom is 0.132 e. The third kappa shape index (κ3) is 2.23. The lowest BCUT2D eigenvalue weighted by Crippen LogP contribution is -2.03. The quantitative estimate of drug-likeness (QED) is 0.622. The molecule has 0 spiro atoms. The van der Waals surface area contributed by atoms with Crippen molar-refractivity contribution < 1.29 is 0 Å². The Balaban J connectivity index is 2.36. The molecular weight excluding hydrogens is 338 g/mol. The second-order valence-electron chi connectivity index (χ2n) is 4.72. The van der Waals surface area contributed by atoms with E-state index in [0.29, 0.717) is 0 Å². The van der Waals surface area contributed by atoms with Crippen molar-refractivity contribution in [2.75, 3.05) is 0 Å². The van der Waals surface area contributed by atoms with Crippen LogP contribution < -0.4 is 0 Å². The van der Waals surface area contributed by atoms with Crippen LogP contribution in [0.15, 0.2) is 41.1 Å². The third-order valence-electron chi connectivity index (χ3n) is 3.24. The van der Waals surface area contributed by atoms with Crippen LogP contribution in [-0.2, 0) is 0 Å². The molecule has 20 heavy (non-hydrogen) atoms. The maximum atomic E-state index is 6.30. The lowest BCUT2D eigenvalue weighted by atomic mass is 10.2. The number of aryl methyl sites for hydroxylation is 1. The van der Waals surface area contributed by atoms with E-state index in [1.165, 1.54) is 0 Å². The Morgan fingerprint density at radius 3 is 2.80 bits per heavy atom. The van der Waals surface area contributed by atoms with Gasteiger partial charge < -0.3 is 0 Å². The van der Waals surface area contributed by atoms with Gasteiger partial charge in [-0.25, -0.2) is 4.98 Å². The lowest BCUT2D eigenvalue weighted by molar-refractivity contribution is 0.878. The Hall–Kier alpha value is -1.39. The molecule has 0 fully saturated rings. The zero-order chi connectivity index (χ0) is 14.3. The Morgan fingerprint density at radius 2 is 2.10 bits per heavy atom. The first-order chi connectivity index (χ1) is 9.58. The van der Waals surface area contributed by atoms with Gasteiger partial charge in [-0.2, -0.15) is 0 Å². The zero-order valence-electron chi connectivity index (χ0n) is 11.1. The predicted octanol–water partition coefficient (Wildman–Crippen LogP) is 4.79. The number of hydrogen-bond donors (Lipinski definition) is 0. The van der Waals surface area contributed by atoms with Crippen molar-refractivity contribution >= 4 is 38.6 Å². The SMILES string of the molecule is Cc1cc(Br)ccc1-n1c(C(C)Cl)nc2cnccc21. The van der Waals surface area contributed by atoms with Gasteiger partial charge in [0.2, 0.25) is 0 Å². The van der Waals surface area contributed by atoms with Gasteiger partial charge in [-0.3, -0.25) is 9.55 Å². The van der Waals surface area contributed by atoms with Crippen molar-refractivity contribution in [2.24, 2.45) is 0 Å². The third-order valence-corrected chi connectivity index (χ3v) is 3.93. The highest BCUT2D eigenvalue weighted by Crippen LogP contribution is 2.30. The van der Waals surface area contributed by atoms with E-state index in [1.807, 2.05) is 19.1 Å². The highest BCUT2D eigenvalue weighted by Gasteiger charge is 2.17. The molecule has 0 aliphatic rings. The molecule has 3 rings (SSSR count). The molecule has 1 aromatic carbocycles. The van der Waals surface area contributed by atoms with Gasteiger partial charge in [-0.05, 0) is 43.7 Å². The van der Waals surface area contributed by atoms with Gasteiger partial charge in [0.15, 0.2) is 0 Å². The van der Waals surface area contributed by atoms with Crippen LogP contribution in [0.4, 0.5) is 0 Å². The van der Waals surface area contributed by atoms with E-state index in [-0.39, 0.29) is 5.38 Å². The summed E-state index contributed by atoms with van der Waals surface area (Å²) in [6, 6.07) is 8.15. The van der Waals surface area contributed by atoms with Crippen molar-refractivity contribution in [3.8, 4) is 5.69 Å². The number of rotatable bonds is 2. The number of halogens is 2. The molecule has 0 saturated carbocycles. The number of nitrogens with zero attached hydrogens (tertiary/aromatic N) is 3. The molecule has 0 bridgehead atoms. The fraction of sp³-hybridized carbons (Fsp3) is 0.200. The molecule has 2 aromatic heterocycles.